The first-order valence-corrected chi connectivity index (χ1v) is 9.11. The molecule has 2 nitrogen and oxygen atoms in total. The van der Waals surface area contributed by atoms with E-state index in [0.717, 1.165) is 4.90 Å². The Morgan fingerprint density at radius 2 is 1.68 bits per heavy atom. The summed E-state index contributed by atoms with van der Waals surface area (Å²) < 4.78 is 33.6. The zero-order chi connectivity index (χ0) is 18.0. The van der Waals surface area contributed by atoms with Crippen molar-refractivity contribution in [3.63, 3.8) is 0 Å². The molecule has 25 heavy (non-hydrogen) atoms. The summed E-state index contributed by atoms with van der Waals surface area (Å²) in [6, 6.07) is 13.7. The molecule has 2 aromatic carbocycles. The van der Waals surface area contributed by atoms with Crippen LogP contribution in [0.1, 0.15) is 26.3 Å². The number of benzene rings is 2. The van der Waals surface area contributed by atoms with Gasteiger partial charge in [-0.1, -0.05) is 45.0 Å². The van der Waals surface area contributed by atoms with Crippen LogP contribution in [0.15, 0.2) is 58.4 Å². The first kappa shape index (κ1) is 17.9. The summed E-state index contributed by atoms with van der Waals surface area (Å²) in [5.41, 5.74) is -0.233. The molecular formula is C20H21F2NOS. The maximum Gasteiger partial charge on any atom is 0.222 e. The van der Waals surface area contributed by atoms with Crippen molar-refractivity contribution >= 4 is 17.7 Å². The van der Waals surface area contributed by atoms with Gasteiger partial charge in [-0.25, -0.2) is 13.8 Å². The number of hydrogen-bond donors (Lipinski definition) is 0. The van der Waals surface area contributed by atoms with E-state index >= 15 is 0 Å². The predicted molar refractivity (Wildman–Crippen MR) is 98.2 cm³/mol. The number of halogens is 2. The Labute approximate surface area is 151 Å². The van der Waals surface area contributed by atoms with E-state index in [1.807, 2.05) is 18.2 Å². The van der Waals surface area contributed by atoms with Crippen LogP contribution in [-0.4, -0.2) is 23.8 Å². The van der Waals surface area contributed by atoms with Gasteiger partial charge >= 0.3 is 0 Å². The normalized spacial score (nSPS) is 18.6. The van der Waals surface area contributed by atoms with Crippen LogP contribution in [0.2, 0.25) is 0 Å². The molecule has 2 atom stereocenters. The molecule has 1 aliphatic rings. The molecule has 0 saturated carbocycles. The Balaban J connectivity index is 1.89. The standard InChI is InChI=1S/C20H21F2NOS/c1-20(2,3)18(25-13-8-5-4-6-9-13)16-12-24-19(23-16)17-14(21)10-7-11-15(17)22/h4-11,16,18H,12H2,1-3H3. The van der Waals surface area contributed by atoms with E-state index in [-0.39, 0.29) is 28.2 Å². The average molecular weight is 361 g/mol. The highest BCUT2D eigenvalue weighted by atomic mass is 32.2. The fourth-order valence-corrected chi connectivity index (χ4v) is 4.12. The van der Waals surface area contributed by atoms with Gasteiger partial charge in [-0.3, -0.25) is 0 Å². The van der Waals surface area contributed by atoms with Crippen molar-refractivity contribution in [3.05, 3.63) is 65.7 Å². The maximum absolute atomic E-state index is 14.0. The second-order valence-corrected chi connectivity index (χ2v) is 8.34. The second-order valence-electron chi connectivity index (χ2n) is 7.13. The zero-order valence-electron chi connectivity index (χ0n) is 14.5. The monoisotopic (exact) mass is 361 g/mol. The highest BCUT2D eigenvalue weighted by Gasteiger charge is 2.37. The van der Waals surface area contributed by atoms with E-state index in [1.54, 1.807) is 11.8 Å². The van der Waals surface area contributed by atoms with Crippen molar-refractivity contribution in [2.45, 2.75) is 37.0 Å². The van der Waals surface area contributed by atoms with Crippen LogP contribution in [0.5, 0.6) is 0 Å². The summed E-state index contributed by atoms with van der Waals surface area (Å²) in [6.45, 7) is 6.76. The van der Waals surface area contributed by atoms with Crippen LogP contribution in [0.25, 0.3) is 0 Å². The van der Waals surface area contributed by atoms with Crippen LogP contribution in [0, 0.1) is 17.0 Å². The van der Waals surface area contributed by atoms with E-state index in [9.17, 15) is 8.78 Å². The van der Waals surface area contributed by atoms with Gasteiger partial charge < -0.3 is 4.74 Å². The third kappa shape index (κ3) is 4.03. The summed E-state index contributed by atoms with van der Waals surface area (Å²) in [7, 11) is 0. The summed E-state index contributed by atoms with van der Waals surface area (Å²) in [4.78, 5) is 5.68. The Bertz CT molecular complexity index is 751. The quantitative estimate of drug-likeness (QED) is 0.688. The fraction of sp³-hybridized carbons (Fsp3) is 0.350. The second kappa shape index (κ2) is 7.16. The number of thioether (sulfide) groups is 1. The fourth-order valence-electron chi connectivity index (χ4n) is 2.86. The predicted octanol–water partition coefficient (Wildman–Crippen LogP) is 5.32. The molecule has 2 unspecified atom stereocenters. The number of aliphatic imine (C=N–C) groups is 1. The molecule has 0 radical (unpaired) electrons. The molecule has 2 aromatic rings. The van der Waals surface area contributed by atoms with Crippen molar-refractivity contribution in [1.82, 2.24) is 0 Å². The molecule has 0 aromatic heterocycles. The van der Waals surface area contributed by atoms with Gasteiger partial charge in [-0.15, -0.1) is 11.8 Å². The lowest BCUT2D eigenvalue weighted by atomic mass is 9.88. The largest absolute Gasteiger partial charge is 0.475 e. The van der Waals surface area contributed by atoms with Crippen molar-refractivity contribution in [2.75, 3.05) is 6.61 Å². The summed E-state index contributed by atoms with van der Waals surface area (Å²) in [5.74, 6) is -1.24. The maximum atomic E-state index is 14.0. The Morgan fingerprint density at radius 1 is 1.04 bits per heavy atom. The summed E-state index contributed by atoms with van der Waals surface area (Å²) >= 11 is 1.72. The van der Waals surface area contributed by atoms with Gasteiger partial charge in [-0.2, -0.15) is 0 Å². The lowest BCUT2D eigenvalue weighted by Gasteiger charge is -2.32. The van der Waals surface area contributed by atoms with Crippen LogP contribution < -0.4 is 0 Å². The minimum Gasteiger partial charge on any atom is -0.475 e. The molecule has 0 amide bonds. The minimum atomic E-state index is -0.651. The Morgan fingerprint density at radius 3 is 2.28 bits per heavy atom. The first-order chi connectivity index (χ1) is 11.9. The van der Waals surface area contributed by atoms with Gasteiger partial charge in [0.25, 0.3) is 0 Å². The minimum absolute atomic E-state index is 0.0543. The number of rotatable bonds is 4. The molecular weight excluding hydrogens is 340 g/mol. The lowest BCUT2D eigenvalue weighted by Crippen LogP contribution is -2.35. The highest BCUT2D eigenvalue weighted by molar-refractivity contribution is 8.00. The first-order valence-electron chi connectivity index (χ1n) is 8.23. The molecule has 5 heteroatoms. The third-order valence-corrected chi connectivity index (χ3v) is 5.88. The van der Waals surface area contributed by atoms with Crippen LogP contribution in [0.3, 0.4) is 0 Å². The number of ether oxygens (including phenoxy) is 1. The van der Waals surface area contributed by atoms with Gasteiger partial charge in [0, 0.05) is 10.1 Å². The van der Waals surface area contributed by atoms with Crippen molar-refractivity contribution < 1.29 is 13.5 Å². The third-order valence-electron chi connectivity index (χ3n) is 4.06. The van der Waals surface area contributed by atoms with Crippen molar-refractivity contribution in [1.29, 1.82) is 0 Å². The van der Waals surface area contributed by atoms with E-state index in [2.05, 4.69) is 37.9 Å². The molecule has 0 bridgehead atoms. The average Bonchev–Trinajstić information content (AvgIpc) is 3.01. The number of nitrogens with zero attached hydrogens (tertiary/aromatic N) is 1. The summed E-state index contributed by atoms with van der Waals surface area (Å²) in [5, 5.41) is 0.113. The van der Waals surface area contributed by atoms with Crippen molar-refractivity contribution in [2.24, 2.45) is 10.4 Å². The molecule has 3 rings (SSSR count). The molecule has 1 aliphatic heterocycles. The van der Waals surface area contributed by atoms with Crippen LogP contribution in [-0.2, 0) is 4.74 Å². The molecule has 0 saturated heterocycles. The molecule has 0 fully saturated rings. The highest BCUT2D eigenvalue weighted by Crippen LogP contribution is 2.40. The van der Waals surface area contributed by atoms with E-state index < -0.39 is 11.6 Å². The van der Waals surface area contributed by atoms with Gasteiger partial charge in [0.1, 0.15) is 29.8 Å². The summed E-state index contributed by atoms with van der Waals surface area (Å²) in [6.07, 6.45) is 0. The Kier molecular flexibility index (Phi) is 5.13. The van der Waals surface area contributed by atoms with E-state index in [4.69, 9.17) is 4.74 Å². The molecule has 0 aliphatic carbocycles. The SMILES string of the molecule is CC(C)(C)C(Sc1ccccc1)C1COC(c2c(F)cccc2F)=N1. The molecule has 0 N–H and O–H groups in total. The van der Waals surface area contributed by atoms with Crippen LogP contribution in [0.4, 0.5) is 8.78 Å². The van der Waals surface area contributed by atoms with E-state index in [0.29, 0.717) is 6.61 Å². The van der Waals surface area contributed by atoms with Gasteiger partial charge in [0.15, 0.2) is 0 Å². The lowest BCUT2D eigenvalue weighted by molar-refractivity contribution is 0.274. The Hall–Kier alpha value is -1.88. The van der Waals surface area contributed by atoms with Crippen molar-refractivity contribution in [3.8, 4) is 0 Å². The van der Waals surface area contributed by atoms with Gasteiger partial charge in [-0.05, 0) is 29.7 Å². The molecule has 1 heterocycles. The van der Waals surface area contributed by atoms with Gasteiger partial charge in [0.2, 0.25) is 5.90 Å². The topological polar surface area (TPSA) is 21.6 Å². The number of hydrogen-bond acceptors (Lipinski definition) is 3. The van der Waals surface area contributed by atoms with Crippen LogP contribution >= 0.6 is 11.8 Å². The van der Waals surface area contributed by atoms with Gasteiger partial charge in [0.05, 0.1) is 0 Å². The molecule has 0 spiro atoms. The van der Waals surface area contributed by atoms with E-state index in [1.165, 1.54) is 18.2 Å². The smallest absolute Gasteiger partial charge is 0.222 e. The zero-order valence-corrected chi connectivity index (χ0v) is 15.3. The molecule has 132 valence electrons.